The highest BCUT2D eigenvalue weighted by atomic mass is 16.4. The van der Waals surface area contributed by atoms with Crippen molar-refractivity contribution in [3.8, 4) is 0 Å². The molecule has 1 saturated carbocycles. The summed E-state index contributed by atoms with van der Waals surface area (Å²) in [6, 6.07) is 0. The summed E-state index contributed by atoms with van der Waals surface area (Å²) in [5.74, 6) is 0.0470. The zero-order chi connectivity index (χ0) is 13.1. The number of oxazole rings is 1. The summed E-state index contributed by atoms with van der Waals surface area (Å²) < 4.78 is 5.52. The molecule has 0 radical (unpaired) electrons. The van der Waals surface area contributed by atoms with E-state index in [1.165, 1.54) is 25.7 Å². The Morgan fingerprint density at radius 1 is 1.28 bits per heavy atom. The van der Waals surface area contributed by atoms with Gasteiger partial charge >= 0.3 is 5.97 Å². The molecule has 1 aliphatic rings. The topological polar surface area (TPSA) is 63.3 Å². The molecule has 0 aromatic carbocycles. The van der Waals surface area contributed by atoms with Gasteiger partial charge in [0.25, 0.3) is 0 Å². The highest BCUT2D eigenvalue weighted by Crippen LogP contribution is 2.33. The van der Waals surface area contributed by atoms with Gasteiger partial charge in [0.2, 0.25) is 5.76 Å². The molecule has 1 aromatic heterocycles. The minimum Gasteiger partial charge on any atom is -0.475 e. The van der Waals surface area contributed by atoms with Crippen molar-refractivity contribution in [2.75, 3.05) is 0 Å². The van der Waals surface area contributed by atoms with Crippen molar-refractivity contribution in [2.45, 2.75) is 64.2 Å². The normalized spacial score (nSPS) is 17.9. The van der Waals surface area contributed by atoms with Crippen molar-refractivity contribution >= 4 is 5.97 Å². The van der Waals surface area contributed by atoms with E-state index in [0.717, 1.165) is 12.8 Å². The van der Waals surface area contributed by atoms with Crippen LogP contribution in [0, 0.1) is 0 Å². The fourth-order valence-electron chi connectivity index (χ4n) is 2.59. The molecule has 0 amide bonds. The van der Waals surface area contributed by atoms with E-state index in [1.807, 2.05) is 13.8 Å². The highest BCUT2D eigenvalue weighted by Gasteiger charge is 2.26. The number of aromatic nitrogens is 1. The Labute approximate surface area is 107 Å². The van der Waals surface area contributed by atoms with Crippen molar-refractivity contribution in [1.82, 2.24) is 4.98 Å². The average molecular weight is 251 g/mol. The SMILES string of the molecule is CC(C)c1nc(C2CCCCCC2)oc1C(=O)O. The van der Waals surface area contributed by atoms with Gasteiger partial charge in [0.15, 0.2) is 5.89 Å². The fourth-order valence-corrected chi connectivity index (χ4v) is 2.59. The average Bonchev–Trinajstić information content (AvgIpc) is 2.59. The molecule has 0 aliphatic heterocycles. The Balaban J connectivity index is 2.27. The predicted octanol–water partition coefficient (Wildman–Crippen LogP) is 3.93. The van der Waals surface area contributed by atoms with Gasteiger partial charge < -0.3 is 9.52 Å². The van der Waals surface area contributed by atoms with Crippen LogP contribution in [-0.2, 0) is 0 Å². The lowest BCUT2D eigenvalue weighted by atomic mass is 10.0. The Morgan fingerprint density at radius 3 is 2.33 bits per heavy atom. The molecule has 4 heteroatoms. The van der Waals surface area contributed by atoms with Crippen molar-refractivity contribution in [2.24, 2.45) is 0 Å². The number of aromatic carboxylic acids is 1. The second-order valence-electron chi connectivity index (χ2n) is 5.41. The second kappa shape index (κ2) is 5.55. The molecule has 1 aromatic rings. The third-order valence-electron chi connectivity index (χ3n) is 3.62. The van der Waals surface area contributed by atoms with Gasteiger partial charge in [-0.25, -0.2) is 9.78 Å². The number of nitrogens with zero attached hydrogens (tertiary/aromatic N) is 1. The minimum absolute atomic E-state index is 0.0317. The van der Waals surface area contributed by atoms with E-state index < -0.39 is 5.97 Å². The Morgan fingerprint density at radius 2 is 1.89 bits per heavy atom. The quantitative estimate of drug-likeness (QED) is 0.826. The van der Waals surface area contributed by atoms with Gasteiger partial charge in [0, 0.05) is 5.92 Å². The van der Waals surface area contributed by atoms with Gasteiger partial charge in [-0.15, -0.1) is 0 Å². The van der Waals surface area contributed by atoms with Crippen LogP contribution in [0.3, 0.4) is 0 Å². The van der Waals surface area contributed by atoms with Crippen LogP contribution in [0.5, 0.6) is 0 Å². The summed E-state index contributed by atoms with van der Waals surface area (Å²) >= 11 is 0. The van der Waals surface area contributed by atoms with Crippen molar-refractivity contribution < 1.29 is 14.3 Å². The molecule has 1 N–H and O–H groups in total. The van der Waals surface area contributed by atoms with Gasteiger partial charge in [0.1, 0.15) is 0 Å². The van der Waals surface area contributed by atoms with Crippen molar-refractivity contribution in [3.05, 3.63) is 17.3 Å². The minimum atomic E-state index is -1.01. The molecule has 0 spiro atoms. The summed E-state index contributed by atoms with van der Waals surface area (Å²) in [4.78, 5) is 15.6. The van der Waals surface area contributed by atoms with E-state index in [0.29, 0.717) is 17.5 Å². The molecule has 2 rings (SSSR count). The van der Waals surface area contributed by atoms with E-state index in [2.05, 4.69) is 4.98 Å². The van der Waals surface area contributed by atoms with Crippen molar-refractivity contribution in [1.29, 1.82) is 0 Å². The molecule has 0 unspecified atom stereocenters. The smallest absolute Gasteiger partial charge is 0.373 e. The van der Waals surface area contributed by atoms with E-state index in [1.54, 1.807) is 0 Å². The first-order valence-electron chi connectivity index (χ1n) is 6.83. The number of carboxylic acid groups (broad SMARTS) is 1. The number of carboxylic acids is 1. The van der Waals surface area contributed by atoms with Gasteiger partial charge in [-0.2, -0.15) is 0 Å². The Kier molecular flexibility index (Phi) is 4.04. The third kappa shape index (κ3) is 2.74. The lowest BCUT2D eigenvalue weighted by Crippen LogP contribution is -2.01. The Hall–Kier alpha value is -1.32. The molecule has 18 heavy (non-hydrogen) atoms. The fraction of sp³-hybridized carbons (Fsp3) is 0.714. The van der Waals surface area contributed by atoms with E-state index >= 15 is 0 Å². The number of hydrogen-bond acceptors (Lipinski definition) is 3. The standard InChI is InChI=1S/C14H21NO3/c1-9(2)11-12(14(16)17)18-13(15-11)10-7-5-3-4-6-8-10/h9-10H,3-8H2,1-2H3,(H,16,17). The first-order chi connectivity index (χ1) is 8.59. The summed E-state index contributed by atoms with van der Waals surface area (Å²) in [6.45, 7) is 3.89. The zero-order valence-corrected chi connectivity index (χ0v) is 11.1. The molecule has 1 aliphatic carbocycles. The molecule has 100 valence electrons. The maximum absolute atomic E-state index is 11.2. The van der Waals surface area contributed by atoms with Gasteiger partial charge in [-0.05, 0) is 18.8 Å². The van der Waals surface area contributed by atoms with Crippen molar-refractivity contribution in [3.63, 3.8) is 0 Å². The first kappa shape index (κ1) is 13.1. The Bertz CT molecular complexity index is 415. The molecule has 1 fully saturated rings. The largest absolute Gasteiger partial charge is 0.475 e. The maximum atomic E-state index is 11.2. The van der Waals surface area contributed by atoms with E-state index in [4.69, 9.17) is 9.52 Å². The molecule has 0 bridgehead atoms. The monoisotopic (exact) mass is 251 g/mol. The van der Waals surface area contributed by atoms with Gasteiger partial charge in [0.05, 0.1) is 5.69 Å². The second-order valence-corrected chi connectivity index (χ2v) is 5.41. The predicted molar refractivity (Wildman–Crippen MR) is 68.0 cm³/mol. The molecule has 0 saturated heterocycles. The van der Waals surface area contributed by atoms with Crippen LogP contribution < -0.4 is 0 Å². The van der Waals surface area contributed by atoms with Crippen LogP contribution in [-0.4, -0.2) is 16.1 Å². The van der Waals surface area contributed by atoms with Crippen LogP contribution in [0.15, 0.2) is 4.42 Å². The molecular formula is C14H21NO3. The first-order valence-corrected chi connectivity index (χ1v) is 6.83. The maximum Gasteiger partial charge on any atom is 0.373 e. The van der Waals surface area contributed by atoms with Crippen LogP contribution in [0.4, 0.5) is 0 Å². The number of carbonyl (C=O) groups is 1. The van der Waals surface area contributed by atoms with E-state index in [9.17, 15) is 4.79 Å². The lowest BCUT2D eigenvalue weighted by molar-refractivity contribution is 0.0657. The van der Waals surface area contributed by atoms with Crippen LogP contribution in [0.2, 0.25) is 0 Å². The molecule has 1 heterocycles. The molecular weight excluding hydrogens is 230 g/mol. The summed E-state index contributed by atoms with van der Waals surface area (Å²) in [6.07, 6.45) is 7.03. The lowest BCUT2D eigenvalue weighted by Gasteiger charge is -2.08. The van der Waals surface area contributed by atoms with Crippen LogP contribution in [0.25, 0.3) is 0 Å². The van der Waals surface area contributed by atoms with Gasteiger partial charge in [-0.1, -0.05) is 39.5 Å². The number of rotatable bonds is 3. The zero-order valence-electron chi connectivity index (χ0n) is 11.1. The summed E-state index contributed by atoms with van der Waals surface area (Å²) in [5, 5.41) is 9.15. The number of hydrogen-bond donors (Lipinski definition) is 1. The summed E-state index contributed by atoms with van der Waals surface area (Å²) in [5.41, 5.74) is 0.585. The molecule has 0 atom stereocenters. The van der Waals surface area contributed by atoms with Crippen LogP contribution in [0.1, 0.15) is 86.3 Å². The van der Waals surface area contributed by atoms with E-state index in [-0.39, 0.29) is 11.7 Å². The molecule has 4 nitrogen and oxygen atoms in total. The summed E-state index contributed by atoms with van der Waals surface area (Å²) in [7, 11) is 0. The highest BCUT2D eigenvalue weighted by molar-refractivity contribution is 5.85. The van der Waals surface area contributed by atoms with Gasteiger partial charge in [-0.3, -0.25) is 0 Å². The van der Waals surface area contributed by atoms with Crippen LogP contribution >= 0.6 is 0 Å². The third-order valence-corrected chi connectivity index (χ3v) is 3.62.